The Balaban J connectivity index is 3.04. The van der Waals surface area contributed by atoms with E-state index in [0.717, 1.165) is 18.8 Å². The van der Waals surface area contributed by atoms with Crippen molar-refractivity contribution >= 4 is 0 Å². The Morgan fingerprint density at radius 2 is 1.31 bits per heavy atom. The fraction of sp³-hybridized carbons (Fsp3) is 0.882. The lowest BCUT2D eigenvalue weighted by Gasteiger charge is -2.37. The van der Waals surface area contributed by atoms with E-state index in [9.17, 15) is 0 Å². The lowest BCUT2D eigenvalue weighted by Crippen LogP contribution is -2.43. The maximum Gasteiger partial charge on any atom is 0.0105 e. The van der Waals surface area contributed by atoms with E-state index in [-0.39, 0.29) is 12.1 Å². The van der Waals surface area contributed by atoms with Crippen LogP contribution in [0.3, 0.4) is 0 Å². The molecule has 0 aromatic carbocycles. The number of allylic oxidation sites excluding steroid dienone is 3. The molecule has 0 fully saturated rings. The second-order valence-electron chi connectivity index (χ2n) is 12.1. The summed E-state index contributed by atoms with van der Waals surface area (Å²) in [6, 6.07) is 0.510. The number of rotatable bonds is 23. The first-order valence-electron chi connectivity index (χ1n) is 16.4. The van der Waals surface area contributed by atoms with Gasteiger partial charge in [-0.3, -0.25) is 0 Å². The van der Waals surface area contributed by atoms with Gasteiger partial charge in [0.15, 0.2) is 0 Å². The van der Waals surface area contributed by atoms with E-state index in [4.69, 9.17) is 11.5 Å². The molecule has 6 atom stereocenters. The van der Waals surface area contributed by atoms with Crippen molar-refractivity contribution in [1.82, 2.24) is 0 Å². The lowest BCUT2D eigenvalue weighted by atomic mass is 9.72. The summed E-state index contributed by atoms with van der Waals surface area (Å²) in [4.78, 5) is 0. The summed E-state index contributed by atoms with van der Waals surface area (Å²) >= 11 is 0. The average molecular weight is 503 g/mol. The molecule has 0 bridgehead atoms. The largest absolute Gasteiger partial charge is 0.327 e. The van der Waals surface area contributed by atoms with E-state index in [1.807, 2.05) is 0 Å². The van der Waals surface area contributed by atoms with Crippen molar-refractivity contribution in [2.24, 2.45) is 35.1 Å². The predicted octanol–water partition coefficient (Wildman–Crippen LogP) is 10.1. The summed E-state index contributed by atoms with van der Waals surface area (Å²) in [5.74, 6) is 2.40. The molecule has 0 saturated carbocycles. The standard InChI is InChI=1S/C34H66N2/c1-5-9-12-16-21-29(8-4)28-32(34(36)25-20-14-11-7-3)31(33(35)24-19-13-10-6-2)27-26-30-22-17-15-18-23-30/h15,17,26-27,29-34H,5-14,16,18-25,28,35-36H2,1-4H3/b27-26+. The summed E-state index contributed by atoms with van der Waals surface area (Å²) < 4.78 is 0. The molecule has 2 nitrogen and oxygen atoms in total. The second-order valence-corrected chi connectivity index (χ2v) is 12.1. The number of nitrogens with two attached hydrogens (primary N) is 2. The minimum atomic E-state index is 0.238. The minimum absolute atomic E-state index is 0.238. The zero-order valence-corrected chi connectivity index (χ0v) is 25.1. The Morgan fingerprint density at radius 3 is 1.83 bits per heavy atom. The normalized spacial score (nSPS) is 20.4. The number of hydrogen-bond acceptors (Lipinski definition) is 2. The van der Waals surface area contributed by atoms with Crippen molar-refractivity contribution in [3.63, 3.8) is 0 Å². The SMILES string of the molecule is CCCCCCC(CC)CC(C(N)CCCCCC)C(/C=C/C1CC=CCC1)C(N)CCCCCC. The van der Waals surface area contributed by atoms with E-state index in [2.05, 4.69) is 52.0 Å². The van der Waals surface area contributed by atoms with Crippen LogP contribution in [0.5, 0.6) is 0 Å². The maximum atomic E-state index is 7.10. The molecule has 0 heterocycles. The van der Waals surface area contributed by atoms with Gasteiger partial charge in [-0.15, -0.1) is 0 Å². The first-order chi connectivity index (χ1) is 17.6. The summed E-state index contributed by atoms with van der Waals surface area (Å²) in [6.45, 7) is 9.30. The van der Waals surface area contributed by atoms with E-state index in [1.165, 1.54) is 116 Å². The van der Waals surface area contributed by atoms with Gasteiger partial charge in [0, 0.05) is 12.1 Å². The zero-order valence-electron chi connectivity index (χ0n) is 25.1. The third-order valence-electron chi connectivity index (χ3n) is 8.88. The highest BCUT2D eigenvalue weighted by atomic mass is 14.7. The molecule has 0 saturated heterocycles. The quantitative estimate of drug-likeness (QED) is 0.108. The average Bonchev–Trinajstić information content (AvgIpc) is 2.90. The lowest BCUT2D eigenvalue weighted by molar-refractivity contribution is 0.208. The van der Waals surface area contributed by atoms with Crippen molar-refractivity contribution in [3.8, 4) is 0 Å². The zero-order chi connectivity index (χ0) is 26.4. The van der Waals surface area contributed by atoms with Gasteiger partial charge in [-0.1, -0.05) is 142 Å². The third kappa shape index (κ3) is 15.0. The van der Waals surface area contributed by atoms with Gasteiger partial charge in [0.1, 0.15) is 0 Å². The molecule has 36 heavy (non-hydrogen) atoms. The highest BCUT2D eigenvalue weighted by molar-refractivity contribution is 5.05. The Kier molecular flexibility index (Phi) is 20.8. The van der Waals surface area contributed by atoms with E-state index < -0.39 is 0 Å². The van der Waals surface area contributed by atoms with Crippen LogP contribution in [0.15, 0.2) is 24.3 Å². The Morgan fingerprint density at radius 1 is 0.722 bits per heavy atom. The summed E-state index contributed by atoms with van der Waals surface area (Å²) in [6.07, 6.45) is 35.6. The molecule has 0 radical (unpaired) electrons. The smallest absolute Gasteiger partial charge is 0.0105 e. The molecule has 1 rings (SSSR count). The van der Waals surface area contributed by atoms with Gasteiger partial charge < -0.3 is 11.5 Å². The molecule has 212 valence electrons. The van der Waals surface area contributed by atoms with E-state index in [1.54, 1.807) is 0 Å². The van der Waals surface area contributed by atoms with Crippen molar-refractivity contribution in [3.05, 3.63) is 24.3 Å². The molecule has 1 aliphatic rings. The monoisotopic (exact) mass is 503 g/mol. The molecule has 0 spiro atoms. The van der Waals surface area contributed by atoms with Gasteiger partial charge in [-0.05, 0) is 62.2 Å². The summed E-state index contributed by atoms with van der Waals surface area (Å²) in [5, 5.41) is 0. The molecule has 0 aliphatic heterocycles. The van der Waals surface area contributed by atoms with Gasteiger partial charge in [-0.25, -0.2) is 0 Å². The van der Waals surface area contributed by atoms with E-state index >= 15 is 0 Å². The fourth-order valence-electron chi connectivity index (χ4n) is 6.25. The molecule has 0 aromatic rings. The van der Waals surface area contributed by atoms with Crippen LogP contribution in [0.4, 0.5) is 0 Å². The maximum absolute atomic E-state index is 7.10. The van der Waals surface area contributed by atoms with E-state index in [0.29, 0.717) is 17.8 Å². The van der Waals surface area contributed by atoms with Crippen LogP contribution in [0.25, 0.3) is 0 Å². The first kappa shape index (κ1) is 33.4. The van der Waals surface area contributed by atoms with Gasteiger partial charge >= 0.3 is 0 Å². The Labute approximate surface area is 227 Å². The van der Waals surface area contributed by atoms with Gasteiger partial charge in [0.05, 0.1) is 0 Å². The number of unbranched alkanes of at least 4 members (excludes halogenated alkanes) is 9. The van der Waals surface area contributed by atoms with Crippen LogP contribution >= 0.6 is 0 Å². The molecular weight excluding hydrogens is 436 g/mol. The molecular formula is C34H66N2. The molecule has 2 heteroatoms. The third-order valence-corrected chi connectivity index (χ3v) is 8.88. The van der Waals surface area contributed by atoms with Crippen LogP contribution in [-0.2, 0) is 0 Å². The predicted molar refractivity (Wildman–Crippen MR) is 163 cm³/mol. The van der Waals surface area contributed by atoms with Crippen molar-refractivity contribution in [2.75, 3.05) is 0 Å². The van der Waals surface area contributed by atoms with Crippen LogP contribution in [0, 0.1) is 23.7 Å². The molecule has 1 aliphatic carbocycles. The van der Waals surface area contributed by atoms with Crippen LogP contribution in [0.2, 0.25) is 0 Å². The Hall–Kier alpha value is -0.600. The number of hydrogen-bond donors (Lipinski definition) is 2. The first-order valence-corrected chi connectivity index (χ1v) is 16.4. The van der Waals surface area contributed by atoms with Crippen LogP contribution in [-0.4, -0.2) is 12.1 Å². The molecule has 6 unspecified atom stereocenters. The Bertz CT molecular complexity index is 539. The minimum Gasteiger partial charge on any atom is -0.327 e. The topological polar surface area (TPSA) is 52.0 Å². The van der Waals surface area contributed by atoms with Gasteiger partial charge in [-0.2, -0.15) is 0 Å². The second kappa shape index (κ2) is 22.4. The molecule has 0 aromatic heterocycles. The van der Waals surface area contributed by atoms with Crippen LogP contribution in [0.1, 0.15) is 156 Å². The summed E-state index contributed by atoms with van der Waals surface area (Å²) in [5.41, 5.74) is 14.2. The van der Waals surface area contributed by atoms with Gasteiger partial charge in [0.2, 0.25) is 0 Å². The van der Waals surface area contributed by atoms with Crippen molar-refractivity contribution < 1.29 is 0 Å². The fourth-order valence-corrected chi connectivity index (χ4v) is 6.25. The van der Waals surface area contributed by atoms with Crippen molar-refractivity contribution in [1.29, 1.82) is 0 Å². The summed E-state index contributed by atoms with van der Waals surface area (Å²) in [7, 11) is 0. The highest BCUT2D eigenvalue weighted by Crippen LogP contribution is 2.34. The molecule has 4 N–H and O–H groups in total. The van der Waals surface area contributed by atoms with Crippen molar-refractivity contribution in [2.45, 2.75) is 168 Å². The van der Waals surface area contributed by atoms with Crippen LogP contribution < -0.4 is 11.5 Å². The molecule has 0 amide bonds. The highest BCUT2D eigenvalue weighted by Gasteiger charge is 2.31. The van der Waals surface area contributed by atoms with Gasteiger partial charge in [0.25, 0.3) is 0 Å².